The summed E-state index contributed by atoms with van der Waals surface area (Å²) in [7, 11) is 0. The summed E-state index contributed by atoms with van der Waals surface area (Å²) < 4.78 is 13.5. The van der Waals surface area contributed by atoms with Gasteiger partial charge in [0.15, 0.2) is 0 Å². The van der Waals surface area contributed by atoms with Gasteiger partial charge in [-0.1, -0.05) is 23.7 Å². The highest BCUT2D eigenvalue weighted by Crippen LogP contribution is 2.25. The van der Waals surface area contributed by atoms with Crippen LogP contribution in [0.2, 0.25) is 5.02 Å². The highest BCUT2D eigenvalue weighted by Gasteiger charge is 2.10. The maximum Gasteiger partial charge on any atom is 0.251 e. The van der Waals surface area contributed by atoms with Crippen molar-refractivity contribution in [3.05, 3.63) is 52.8 Å². The number of H-pyrrole nitrogens is 1. The maximum atomic E-state index is 13.5. The number of halogens is 2. The van der Waals surface area contributed by atoms with Crippen LogP contribution in [0.5, 0.6) is 0 Å². The van der Waals surface area contributed by atoms with Gasteiger partial charge in [-0.25, -0.2) is 9.37 Å². The lowest BCUT2D eigenvalue weighted by Gasteiger charge is -2.04. The second kappa shape index (κ2) is 6.98. The fourth-order valence-electron chi connectivity index (χ4n) is 2.33. The molecule has 2 aromatic carbocycles. The fourth-order valence-corrected chi connectivity index (χ4v) is 2.49. The van der Waals surface area contributed by atoms with Crippen LogP contribution in [0.4, 0.5) is 4.39 Å². The Bertz CT molecular complexity index is 837. The van der Waals surface area contributed by atoms with Crippen LogP contribution < -0.4 is 11.1 Å². The molecule has 4 N–H and O–H groups in total. The van der Waals surface area contributed by atoms with Crippen molar-refractivity contribution in [2.24, 2.45) is 5.73 Å². The number of carbonyl (C=O) groups excluding carboxylic acids is 1. The Labute approximate surface area is 143 Å². The first kappa shape index (κ1) is 16.4. The minimum absolute atomic E-state index is 0.0325. The molecule has 0 fully saturated rings. The molecule has 3 aromatic rings. The Balaban J connectivity index is 1.81. The molecule has 0 radical (unpaired) electrons. The van der Waals surface area contributed by atoms with Crippen molar-refractivity contribution in [3.8, 4) is 11.4 Å². The van der Waals surface area contributed by atoms with Gasteiger partial charge in [0.25, 0.3) is 5.91 Å². The number of carbonyl (C=O) groups is 1. The van der Waals surface area contributed by atoms with Crippen molar-refractivity contribution >= 4 is 28.5 Å². The van der Waals surface area contributed by atoms with Crippen molar-refractivity contribution in [3.63, 3.8) is 0 Å². The molecule has 3 rings (SSSR count). The zero-order valence-corrected chi connectivity index (χ0v) is 13.5. The molecule has 0 aliphatic carbocycles. The Kier molecular flexibility index (Phi) is 4.78. The number of amides is 1. The van der Waals surface area contributed by atoms with Gasteiger partial charge < -0.3 is 16.0 Å². The molecule has 7 heteroatoms. The molecule has 1 aromatic heterocycles. The van der Waals surface area contributed by atoms with Crippen LogP contribution in [0.25, 0.3) is 22.4 Å². The number of nitrogens with two attached hydrogens (primary N) is 1. The molecule has 5 nitrogen and oxygen atoms in total. The Morgan fingerprint density at radius 3 is 2.75 bits per heavy atom. The molecule has 0 saturated heterocycles. The van der Waals surface area contributed by atoms with E-state index in [1.807, 2.05) is 0 Å². The first-order valence-corrected chi connectivity index (χ1v) is 7.90. The van der Waals surface area contributed by atoms with Crippen molar-refractivity contribution in [1.29, 1.82) is 0 Å². The molecule has 0 aliphatic heterocycles. The zero-order chi connectivity index (χ0) is 17.1. The number of imidazole rings is 1. The zero-order valence-electron chi connectivity index (χ0n) is 12.8. The van der Waals surface area contributed by atoms with E-state index in [-0.39, 0.29) is 10.9 Å². The van der Waals surface area contributed by atoms with Gasteiger partial charge in [0, 0.05) is 23.7 Å². The summed E-state index contributed by atoms with van der Waals surface area (Å²) in [4.78, 5) is 19.4. The smallest absolute Gasteiger partial charge is 0.251 e. The molecule has 1 amide bonds. The molecule has 24 heavy (non-hydrogen) atoms. The van der Waals surface area contributed by atoms with Gasteiger partial charge in [-0.15, -0.1) is 0 Å². The SMILES string of the molecule is NCCCNC(=O)c1ccc(-c2nc3cc(Cl)c(F)cc3[nH]2)cc1. The number of hydrogen-bond acceptors (Lipinski definition) is 3. The van der Waals surface area contributed by atoms with E-state index in [0.717, 1.165) is 12.0 Å². The van der Waals surface area contributed by atoms with Crippen molar-refractivity contribution < 1.29 is 9.18 Å². The third kappa shape index (κ3) is 3.39. The van der Waals surface area contributed by atoms with E-state index in [0.29, 0.717) is 35.5 Å². The molecular weight excluding hydrogens is 331 g/mol. The van der Waals surface area contributed by atoms with Gasteiger partial charge in [-0.2, -0.15) is 0 Å². The standard InChI is InChI=1S/C17H16ClFN4O/c18-12-8-14-15(9-13(12)19)23-16(22-14)10-2-4-11(5-3-10)17(24)21-7-1-6-20/h2-5,8-9H,1,6-7,20H2,(H,21,24)(H,22,23). The van der Waals surface area contributed by atoms with E-state index in [9.17, 15) is 9.18 Å². The van der Waals surface area contributed by atoms with Crippen LogP contribution in [-0.2, 0) is 0 Å². The van der Waals surface area contributed by atoms with Crippen molar-refractivity contribution in [1.82, 2.24) is 15.3 Å². The molecule has 0 spiro atoms. The summed E-state index contributed by atoms with van der Waals surface area (Å²) in [6.45, 7) is 1.09. The summed E-state index contributed by atoms with van der Waals surface area (Å²) in [6.07, 6.45) is 0.738. The summed E-state index contributed by atoms with van der Waals surface area (Å²) in [5.41, 5.74) is 7.89. The van der Waals surface area contributed by atoms with Crippen LogP contribution in [0.15, 0.2) is 36.4 Å². The molecule has 0 aliphatic rings. The maximum absolute atomic E-state index is 13.5. The number of fused-ring (bicyclic) bond motifs is 1. The number of nitrogens with zero attached hydrogens (tertiary/aromatic N) is 1. The normalized spacial score (nSPS) is 11.0. The highest BCUT2D eigenvalue weighted by molar-refractivity contribution is 6.31. The first-order valence-electron chi connectivity index (χ1n) is 7.52. The second-order valence-electron chi connectivity index (χ2n) is 5.34. The first-order chi connectivity index (χ1) is 11.6. The largest absolute Gasteiger partial charge is 0.352 e. The van der Waals surface area contributed by atoms with Gasteiger partial charge in [-0.3, -0.25) is 4.79 Å². The van der Waals surface area contributed by atoms with Gasteiger partial charge in [-0.05, 0) is 31.2 Å². The number of benzene rings is 2. The average Bonchev–Trinajstić information content (AvgIpc) is 2.98. The van der Waals surface area contributed by atoms with Crippen LogP contribution in [0.3, 0.4) is 0 Å². The fraction of sp³-hybridized carbons (Fsp3) is 0.176. The van der Waals surface area contributed by atoms with Crippen molar-refractivity contribution in [2.75, 3.05) is 13.1 Å². The summed E-state index contributed by atoms with van der Waals surface area (Å²) >= 11 is 5.77. The van der Waals surface area contributed by atoms with Gasteiger partial charge in [0.1, 0.15) is 11.6 Å². The van der Waals surface area contributed by atoms with E-state index in [2.05, 4.69) is 15.3 Å². The van der Waals surface area contributed by atoms with E-state index in [1.54, 1.807) is 24.3 Å². The number of rotatable bonds is 5. The van der Waals surface area contributed by atoms with Crippen LogP contribution >= 0.6 is 11.6 Å². The van der Waals surface area contributed by atoms with Gasteiger partial charge in [0.2, 0.25) is 0 Å². The Morgan fingerprint density at radius 2 is 2.04 bits per heavy atom. The van der Waals surface area contributed by atoms with E-state index < -0.39 is 5.82 Å². The van der Waals surface area contributed by atoms with Crippen LogP contribution in [-0.4, -0.2) is 29.0 Å². The molecule has 1 heterocycles. The van der Waals surface area contributed by atoms with E-state index in [4.69, 9.17) is 17.3 Å². The van der Waals surface area contributed by atoms with Crippen LogP contribution in [0.1, 0.15) is 16.8 Å². The van der Waals surface area contributed by atoms with Crippen LogP contribution in [0, 0.1) is 5.82 Å². The third-order valence-electron chi connectivity index (χ3n) is 3.61. The lowest BCUT2D eigenvalue weighted by atomic mass is 10.1. The topological polar surface area (TPSA) is 83.8 Å². The number of aromatic nitrogens is 2. The second-order valence-corrected chi connectivity index (χ2v) is 5.75. The number of nitrogens with one attached hydrogen (secondary N) is 2. The quantitative estimate of drug-likeness (QED) is 0.621. The minimum Gasteiger partial charge on any atom is -0.352 e. The Hall–Kier alpha value is -2.44. The monoisotopic (exact) mass is 346 g/mol. The molecule has 0 unspecified atom stereocenters. The van der Waals surface area contributed by atoms with E-state index >= 15 is 0 Å². The lowest BCUT2D eigenvalue weighted by molar-refractivity contribution is 0.0953. The third-order valence-corrected chi connectivity index (χ3v) is 3.90. The number of aromatic amines is 1. The van der Waals surface area contributed by atoms with Gasteiger partial charge >= 0.3 is 0 Å². The predicted octanol–water partition coefficient (Wildman–Crippen LogP) is 3.10. The van der Waals surface area contributed by atoms with Crippen molar-refractivity contribution in [2.45, 2.75) is 6.42 Å². The van der Waals surface area contributed by atoms with Gasteiger partial charge in [0.05, 0.1) is 16.1 Å². The lowest BCUT2D eigenvalue weighted by Crippen LogP contribution is -2.25. The summed E-state index contributed by atoms with van der Waals surface area (Å²) in [6, 6.07) is 9.79. The number of hydrogen-bond donors (Lipinski definition) is 3. The minimum atomic E-state index is -0.496. The molecule has 0 saturated carbocycles. The molecular formula is C17H16ClFN4O. The predicted molar refractivity (Wildman–Crippen MR) is 92.5 cm³/mol. The van der Waals surface area contributed by atoms with E-state index in [1.165, 1.54) is 12.1 Å². The molecule has 0 bridgehead atoms. The summed E-state index contributed by atoms with van der Waals surface area (Å²) in [5, 5.41) is 2.83. The Morgan fingerprint density at radius 1 is 1.29 bits per heavy atom. The average molecular weight is 347 g/mol. The highest BCUT2D eigenvalue weighted by atomic mass is 35.5. The molecule has 0 atom stereocenters. The summed E-state index contributed by atoms with van der Waals surface area (Å²) in [5.74, 6) is -0.0564. The molecule has 124 valence electrons.